The Labute approximate surface area is 151 Å². The summed E-state index contributed by atoms with van der Waals surface area (Å²) in [6.45, 7) is 3.72. The predicted molar refractivity (Wildman–Crippen MR) is 99.2 cm³/mol. The number of rotatable bonds is 4. The van der Waals surface area contributed by atoms with Crippen LogP contribution in [-0.2, 0) is 9.84 Å². The second kappa shape index (κ2) is 7.23. The van der Waals surface area contributed by atoms with E-state index in [0.717, 1.165) is 32.2 Å². The van der Waals surface area contributed by atoms with E-state index in [1.807, 2.05) is 6.20 Å². The van der Waals surface area contributed by atoms with Crippen LogP contribution in [0.4, 0.5) is 5.13 Å². The zero-order chi connectivity index (χ0) is 18.0. The van der Waals surface area contributed by atoms with Crippen LogP contribution in [0.1, 0.15) is 39.6 Å². The van der Waals surface area contributed by atoms with Crippen molar-refractivity contribution in [2.75, 3.05) is 24.7 Å². The molecule has 2 aromatic rings. The summed E-state index contributed by atoms with van der Waals surface area (Å²) in [5.41, 5.74) is 0.936. The van der Waals surface area contributed by atoms with E-state index in [4.69, 9.17) is 0 Å². The van der Waals surface area contributed by atoms with E-state index in [-0.39, 0.29) is 10.8 Å². The molecule has 1 aromatic heterocycles. The largest absolute Gasteiger partial charge is 0.317 e. The molecule has 0 saturated carbocycles. The number of nitrogens with zero attached hydrogens (tertiary/aromatic N) is 1. The van der Waals surface area contributed by atoms with Gasteiger partial charge in [0.2, 0.25) is 0 Å². The van der Waals surface area contributed by atoms with Gasteiger partial charge in [-0.3, -0.25) is 10.1 Å². The van der Waals surface area contributed by atoms with E-state index in [0.29, 0.717) is 22.2 Å². The molecule has 0 aliphatic carbocycles. The molecule has 0 unspecified atom stereocenters. The summed E-state index contributed by atoms with van der Waals surface area (Å²) in [7, 11) is -3.37. The highest BCUT2D eigenvalue weighted by Gasteiger charge is 2.19. The highest BCUT2D eigenvalue weighted by molar-refractivity contribution is 7.90. The van der Waals surface area contributed by atoms with Crippen LogP contribution in [0.15, 0.2) is 29.3 Å². The van der Waals surface area contributed by atoms with Crippen molar-refractivity contribution in [1.82, 2.24) is 10.3 Å². The number of thiazole rings is 1. The van der Waals surface area contributed by atoms with E-state index in [9.17, 15) is 13.2 Å². The fourth-order valence-electron chi connectivity index (χ4n) is 2.95. The fraction of sp³-hybridized carbons (Fsp3) is 0.412. The van der Waals surface area contributed by atoms with Gasteiger partial charge in [0.05, 0.1) is 4.90 Å². The number of benzene rings is 1. The normalized spacial score (nSPS) is 15.9. The quantitative estimate of drug-likeness (QED) is 0.852. The number of hydrogen-bond acceptors (Lipinski definition) is 6. The first kappa shape index (κ1) is 18.0. The highest BCUT2D eigenvalue weighted by Crippen LogP contribution is 2.31. The maximum Gasteiger partial charge on any atom is 0.257 e. The van der Waals surface area contributed by atoms with Crippen LogP contribution in [-0.4, -0.2) is 38.7 Å². The first-order chi connectivity index (χ1) is 11.8. The molecular formula is C17H21N3O3S2. The summed E-state index contributed by atoms with van der Waals surface area (Å²) in [4.78, 5) is 18.1. The molecule has 6 nitrogen and oxygen atoms in total. The summed E-state index contributed by atoms with van der Waals surface area (Å²) in [6.07, 6.45) is 5.12. The summed E-state index contributed by atoms with van der Waals surface area (Å²) in [6, 6.07) is 4.69. The number of sulfone groups is 1. The minimum Gasteiger partial charge on any atom is -0.317 e. The number of amides is 1. The van der Waals surface area contributed by atoms with Gasteiger partial charge in [0.1, 0.15) is 0 Å². The molecule has 1 fully saturated rings. The molecule has 2 heterocycles. The molecule has 0 radical (unpaired) electrons. The highest BCUT2D eigenvalue weighted by atomic mass is 32.2. The molecule has 25 heavy (non-hydrogen) atoms. The Morgan fingerprint density at radius 2 is 2.04 bits per heavy atom. The van der Waals surface area contributed by atoms with Gasteiger partial charge in [-0.2, -0.15) is 0 Å². The average Bonchev–Trinajstić information content (AvgIpc) is 3.03. The second-order valence-electron chi connectivity index (χ2n) is 6.30. The van der Waals surface area contributed by atoms with E-state index < -0.39 is 9.84 Å². The number of anilines is 1. The number of piperidine rings is 1. The van der Waals surface area contributed by atoms with Crippen molar-refractivity contribution < 1.29 is 13.2 Å². The van der Waals surface area contributed by atoms with E-state index in [1.54, 1.807) is 19.1 Å². The van der Waals surface area contributed by atoms with Gasteiger partial charge in [0.15, 0.2) is 15.0 Å². The lowest BCUT2D eigenvalue weighted by Gasteiger charge is -2.20. The van der Waals surface area contributed by atoms with E-state index in [2.05, 4.69) is 15.6 Å². The molecule has 1 aliphatic heterocycles. The van der Waals surface area contributed by atoms with Crippen LogP contribution in [0.2, 0.25) is 0 Å². The van der Waals surface area contributed by atoms with Gasteiger partial charge in [-0.05, 0) is 56.5 Å². The molecule has 0 spiro atoms. The monoisotopic (exact) mass is 379 g/mol. The van der Waals surface area contributed by atoms with Gasteiger partial charge in [-0.1, -0.05) is 6.07 Å². The summed E-state index contributed by atoms with van der Waals surface area (Å²) in [5, 5.41) is 6.65. The third-order valence-corrected chi connectivity index (χ3v) is 6.65. The number of carbonyl (C=O) groups excluding carboxylic acids is 1. The maximum atomic E-state index is 12.4. The molecule has 134 valence electrons. The topological polar surface area (TPSA) is 88.2 Å². The van der Waals surface area contributed by atoms with Gasteiger partial charge >= 0.3 is 0 Å². The Hall–Kier alpha value is -1.77. The Morgan fingerprint density at radius 3 is 2.72 bits per heavy atom. The SMILES string of the molecule is Cc1ccc(C(=O)Nc2ncc(C3CCNCC3)s2)cc1S(C)(=O)=O. The van der Waals surface area contributed by atoms with Crippen LogP contribution in [0.25, 0.3) is 0 Å². The van der Waals surface area contributed by atoms with Gasteiger partial charge in [-0.15, -0.1) is 11.3 Å². The van der Waals surface area contributed by atoms with Gasteiger partial charge < -0.3 is 5.32 Å². The standard InChI is InChI=1S/C17H21N3O3S2/c1-11-3-4-13(9-15(11)25(2,22)23)16(21)20-17-19-10-14(24-17)12-5-7-18-8-6-12/h3-4,9-10,12,18H,5-8H2,1-2H3,(H,19,20,21). The van der Waals surface area contributed by atoms with Crippen molar-refractivity contribution in [3.05, 3.63) is 40.4 Å². The van der Waals surface area contributed by atoms with Gasteiger partial charge in [0, 0.05) is 22.9 Å². The maximum absolute atomic E-state index is 12.4. The van der Waals surface area contributed by atoms with Gasteiger partial charge in [0.25, 0.3) is 5.91 Å². The Bertz CT molecular complexity index is 884. The van der Waals surface area contributed by atoms with Crippen molar-refractivity contribution in [3.63, 3.8) is 0 Å². The van der Waals surface area contributed by atoms with Crippen LogP contribution < -0.4 is 10.6 Å². The van der Waals surface area contributed by atoms with Crippen LogP contribution in [0, 0.1) is 6.92 Å². The Morgan fingerprint density at radius 1 is 1.32 bits per heavy atom. The molecule has 3 rings (SSSR count). The van der Waals surface area contributed by atoms with Gasteiger partial charge in [-0.25, -0.2) is 13.4 Å². The first-order valence-electron chi connectivity index (χ1n) is 8.13. The lowest BCUT2D eigenvalue weighted by Crippen LogP contribution is -2.26. The fourth-order valence-corrected chi connectivity index (χ4v) is 4.92. The van der Waals surface area contributed by atoms with Crippen molar-refractivity contribution in [2.24, 2.45) is 0 Å². The van der Waals surface area contributed by atoms with Crippen molar-refractivity contribution in [2.45, 2.75) is 30.6 Å². The lowest BCUT2D eigenvalue weighted by molar-refractivity contribution is 0.102. The smallest absolute Gasteiger partial charge is 0.257 e. The molecule has 8 heteroatoms. The number of carbonyl (C=O) groups is 1. The second-order valence-corrected chi connectivity index (χ2v) is 9.35. The number of aryl methyl sites for hydroxylation is 1. The molecule has 0 bridgehead atoms. The molecule has 1 aliphatic rings. The molecule has 1 saturated heterocycles. The number of nitrogens with one attached hydrogen (secondary N) is 2. The molecular weight excluding hydrogens is 358 g/mol. The Kier molecular flexibility index (Phi) is 5.21. The molecule has 1 amide bonds. The summed E-state index contributed by atoms with van der Waals surface area (Å²) < 4.78 is 23.6. The Balaban J connectivity index is 1.75. The summed E-state index contributed by atoms with van der Waals surface area (Å²) in [5.74, 6) is 0.136. The summed E-state index contributed by atoms with van der Waals surface area (Å²) >= 11 is 1.49. The number of aromatic nitrogens is 1. The van der Waals surface area contributed by atoms with Crippen molar-refractivity contribution in [3.8, 4) is 0 Å². The average molecular weight is 380 g/mol. The number of hydrogen-bond donors (Lipinski definition) is 2. The van der Waals surface area contributed by atoms with Crippen LogP contribution >= 0.6 is 11.3 Å². The predicted octanol–water partition coefficient (Wildman–Crippen LogP) is 2.57. The van der Waals surface area contributed by atoms with Crippen molar-refractivity contribution in [1.29, 1.82) is 0 Å². The van der Waals surface area contributed by atoms with E-state index in [1.165, 1.54) is 22.3 Å². The third-order valence-electron chi connectivity index (χ3n) is 4.34. The van der Waals surface area contributed by atoms with Crippen molar-refractivity contribution >= 4 is 32.2 Å². The molecule has 2 N–H and O–H groups in total. The molecule has 1 aromatic carbocycles. The molecule has 0 atom stereocenters. The minimum atomic E-state index is -3.37. The zero-order valence-corrected chi connectivity index (χ0v) is 15.8. The third kappa shape index (κ3) is 4.26. The minimum absolute atomic E-state index is 0.176. The first-order valence-corrected chi connectivity index (χ1v) is 10.8. The van der Waals surface area contributed by atoms with E-state index >= 15 is 0 Å². The zero-order valence-electron chi connectivity index (χ0n) is 14.2. The lowest BCUT2D eigenvalue weighted by atomic mass is 9.97. The van der Waals surface area contributed by atoms with Crippen LogP contribution in [0.5, 0.6) is 0 Å². The van der Waals surface area contributed by atoms with Crippen LogP contribution in [0.3, 0.4) is 0 Å².